The standard InChI is InChI=1S/C10H17N3OS/c1-7(11)5-6-8-9(14-4)12-10(15-8)13(2)3/h5-7H,11H2,1-4H3/b6-5+. The van der Waals surface area contributed by atoms with Crippen molar-refractivity contribution < 1.29 is 4.74 Å². The van der Waals surface area contributed by atoms with E-state index in [-0.39, 0.29) is 6.04 Å². The van der Waals surface area contributed by atoms with Gasteiger partial charge >= 0.3 is 0 Å². The smallest absolute Gasteiger partial charge is 0.233 e. The zero-order valence-electron chi connectivity index (χ0n) is 9.52. The topological polar surface area (TPSA) is 51.4 Å². The molecule has 15 heavy (non-hydrogen) atoms. The lowest BCUT2D eigenvalue weighted by Crippen LogP contribution is -2.09. The van der Waals surface area contributed by atoms with Crippen LogP contribution >= 0.6 is 11.3 Å². The number of aromatic nitrogens is 1. The summed E-state index contributed by atoms with van der Waals surface area (Å²) in [5.74, 6) is 0.653. The van der Waals surface area contributed by atoms with Gasteiger partial charge in [0, 0.05) is 20.1 Å². The lowest BCUT2D eigenvalue weighted by atomic mass is 10.3. The number of rotatable bonds is 4. The summed E-state index contributed by atoms with van der Waals surface area (Å²) >= 11 is 1.58. The molecule has 0 fully saturated rings. The largest absolute Gasteiger partial charge is 0.480 e. The minimum absolute atomic E-state index is 0.0413. The molecule has 0 aliphatic heterocycles. The molecule has 0 aliphatic carbocycles. The monoisotopic (exact) mass is 227 g/mol. The molecule has 0 bridgehead atoms. The molecule has 0 radical (unpaired) electrons. The van der Waals surface area contributed by atoms with Gasteiger partial charge in [0.05, 0.1) is 12.0 Å². The van der Waals surface area contributed by atoms with Crippen LogP contribution in [0.1, 0.15) is 11.8 Å². The van der Waals surface area contributed by atoms with E-state index < -0.39 is 0 Å². The number of ether oxygens (including phenoxy) is 1. The maximum atomic E-state index is 5.64. The van der Waals surface area contributed by atoms with Crippen LogP contribution < -0.4 is 15.4 Å². The van der Waals surface area contributed by atoms with Crippen LogP contribution in [0, 0.1) is 0 Å². The lowest BCUT2D eigenvalue weighted by molar-refractivity contribution is 0.400. The minimum Gasteiger partial charge on any atom is -0.480 e. The molecule has 0 aromatic carbocycles. The van der Waals surface area contributed by atoms with Crippen LogP contribution in [-0.2, 0) is 0 Å². The summed E-state index contributed by atoms with van der Waals surface area (Å²) in [6.07, 6.45) is 3.88. The Morgan fingerprint density at radius 3 is 2.67 bits per heavy atom. The van der Waals surface area contributed by atoms with Gasteiger partial charge < -0.3 is 15.4 Å². The van der Waals surface area contributed by atoms with E-state index in [0.29, 0.717) is 5.88 Å². The number of hydrogen-bond donors (Lipinski definition) is 1. The van der Waals surface area contributed by atoms with E-state index in [0.717, 1.165) is 10.0 Å². The Balaban J connectivity index is 2.95. The molecule has 2 N–H and O–H groups in total. The average molecular weight is 227 g/mol. The van der Waals surface area contributed by atoms with Gasteiger partial charge in [-0.05, 0) is 13.0 Å². The molecule has 0 saturated carbocycles. The fraction of sp³-hybridized carbons (Fsp3) is 0.500. The second-order valence-electron chi connectivity index (χ2n) is 3.48. The molecule has 1 atom stereocenters. The van der Waals surface area contributed by atoms with Crippen LogP contribution in [0.4, 0.5) is 5.13 Å². The third kappa shape index (κ3) is 3.21. The van der Waals surface area contributed by atoms with Crippen LogP contribution in [-0.4, -0.2) is 32.2 Å². The molecule has 1 unspecified atom stereocenters. The Morgan fingerprint density at radius 2 is 2.20 bits per heavy atom. The molecule has 4 nitrogen and oxygen atoms in total. The zero-order chi connectivity index (χ0) is 11.4. The second kappa shape index (κ2) is 5.14. The van der Waals surface area contributed by atoms with E-state index in [2.05, 4.69) is 4.98 Å². The van der Waals surface area contributed by atoms with Crippen molar-refractivity contribution in [3.8, 4) is 5.88 Å². The third-order valence-corrected chi connectivity index (χ3v) is 2.91. The predicted octanol–water partition coefficient (Wildman–Crippen LogP) is 1.58. The van der Waals surface area contributed by atoms with E-state index in [1.807, 2.05) is 38.1 Å². The van der Waals surface area contributed by atoms with Crippen molar-refractivity contribution in [1.82, 2.24) is 4.98 Å². The number of hydrogen-bond acceptors (Lipinski definition) is 5. The quantitative estimate of drug-likeness (QED) is 0.848. The van der Waals surface area contributed by atoms with Crippen molar-refractivity contribution in [2.24, 2.45) is 5.73 Å². The Bertz CT molecular complexity index is 344. The summed E-state index contributed by atoms with van der Waals surface area (Å²) in [7, 11) is 5.53. The van der Waals surface area contributed by atoms with E-state index in [1.54, 1.807) is 18.4 Å². The summed E-state index contributed by atoms with van der Waals surface area (Å²) in [6, 6.07) is 0.0413. The van der Waals surface area contributed by atoms with Crippen LogP contribution in [0.2, 0.25) is 0 Å². The highest BCUT2D eigenvalue weighted by Crippen LogP contribution is 2.31. The average Bonchev–Trinajstić information content (AvgIpc) is 2.57. The molecule has 0 aliphatic rings. The van der Waals surface area contributed by atoms with E-state index in [1.165, 1.54) is 0 Å². The minimum atomic E-state index is 0.0413. The molecule has 1 rings (SSSR count). The van der Waals surface area contributed by atoms with Crippen molar-refractivity contribution in [2.45, 2.75) is 13.0 Å². The SMILES string of the molecule is COc1nc(N(C)C)sc1/C=C/C(C)N. The van der Waals surface area contributed by atoms with Gasteiger partial charge in [0.25, 0.3) is 0 Å². The van der Waals surface area contributed by atoms with Crippen molar-refractivity contribution in [1.29, 1.82) is 0 Å². The normalized spacial score (nSPS) is 13.1. The summed E-state index contributed by atoms with van der Waals surface area (Å²) in [5, 5.41) is 0.927. The highest BCUT2D eigenvalue weighted by Gasteiger charge is 2.10. The number of nitrogens with zero attached hydrogens (tertiary/aromatic N) is 2. The van der Waals surface area contributed by atoms with E-state index in [9.17, 15) is 0 Å². The summed E-state index contributed by atoms with van der Waals surface area (Å²) in [6.45, 7) is 1.93. The first-order valence-corrected chi connectivity index (χ1v) is 5.52. The molecule has 0 spiro atoms. The molecule has 84 valence electrons. The fourth-order valence-electron chi connectivity index (χ4n) is 0.989. The van der Waals surface area contributed by atoms with E-state index in [4.69, 9.17) is 10.5 Å². The van der Waals surface area contributed by atoms with Crippen LogP contribution in [0.25, 0.3) is 6.08 Å². The van der Waals surface area contributed by atoms with Gasteiger partial charge in [-0.15, -0.1) is 0 Å². The summed E-state index contributed by atoms with van der Waals surface area (Å²) in [4.78, 5) is 7.29. The molecule has 5 heteroatoms. The lowest BCUT2D eigenvalue weighted by Gasteiger charge is -2.04. The van der Waals surface area contributed by atoms with Gasteiger partial charge in [0.2, 0.25) is 5.88 Å². The molecule has 0 amide bonds. The predicted molar refractivity (Wildman–Crippen MR) is 65.7 cm³/mol. The van der Waals surface area contributed by atoms with Gasteiger partial charge in [0.1, 0.15) is 0 Å². The van der Waals surface area contributed by atoms with Gasteiger partial charge in [0.15, 0.2) is 5.13 Å². The number of anilines is 1. The van der Waals surface area contributed by atoms with Gasteiger partial charge in [-0.3, -0.25) is 0 Å². The van der Waals surface area contributed by atoms with Crippen LogP contribution in [0.15, 0.2) is 6.08 Å². The van der Waals surface area contributed by atoms with Crippen molar-refractivity contribution >= 4 is 22.5 Å². The Labute approximate surface area is 94.4 Å². The fourth-order valence-corrected chi connectivity index (χ4v) is 1.86. The first-order valence-electron chi connectivity index (χ1n) is 4.70. The van der Waals surface area contributed by atoms with Gasteiger partial charge in [-0.1, -0.05) is 17.4 Å². The maximum absolute atomic E-state index is 5.64. The maximum Gasteiger partial charge on any atom is 0.233 e. The first kappa shape index (κ1) is 12.0. The Kier molecular flexibility index (Phi) is 4.11. The number of methoxy groups -OCH3 is 1. The van der Waals surface area contributed by atoms with Crippen molar-refractivity contribution in [3.63, 3.8) is 0 Å². The van der Waals surface area contributed by atoms with Gasteiger partial charge in [-0.25, -0.2) is 0 Å². The Hall–Kier alpha value is -1.07. The number of thiazole rings is 1. The van der Waals surface area contributed by atoms with Gasteiger partial charge in [-0.2, -0.15) is 4.98 Å². The molecular weight excluding hydrogens is 210 g/mol. The molecule has 0 saturated heterocycles. The second-order valence-corrected chi connectivity index (χ2v) is 4.49. The van der Waals surface area contributed by atoms with Crippen LogP contribution in [0.3, 0.4) is 0 Å². The molecule has 1 aromatic heterocycles. The first-order chi connectivity index (χ1) is 7.04. The van der Waals surface area contributed by atoms with Crippen LogP contribution in [0.5, 0.6) is 5.88 Å². The highest BCUT2D eigenvalue weighted by atomic mass is 32.1. The summed E-state index contributed by atoms with van der Waals surface area (Å²) in [5.41, 5.74) is 5.64. The zero-order valence-corrected chi connectivity index (χ0v) is 10.3. The highest BCUT2D eigenvalue weighted by molar-refractivity contribution is 7.16. The molecular formula is C10H17N3OS. The van der Waals surface area contributed by atoms with Crippen molar-refractivity contribution in [2.75, 3.05) is 26.1 Å². The van der Waals surface area contributed by atoms with E-state index >= 15 is 0 Å². The third-order valence-electron chi connectivity index (χ3n) is 1.74. The Morgan fingerprint density at radius 1 is 1.53 bits per heavy atom. The molecule has 1 heterocycles. The molecule has 1 aromatic rings. The number of nitrogens with two attached hydrogens (primary N) is 1. The van der Waals surface area contributed by atoms with Crippen molar-refractivity contribution in [3.05, 3.63) is 11.0 Å². The summed E-state index contributed by atoms with van der Waals surface area (Å²) < 4.78 is 5.19.